The summed E-state index contributed by atoms with van der Waals surface area (Å²) in [6.07, 6.45) is -3.61. The second-order valence-electron chi connectivity index (χ2n) is 10.9. The summed E-state index contributed by atoms with van der Waals surface area (Å²) >= 11 is 0. The van der Waals surface area contributed by atoms with Gasteiger partial charge in [-0.05, 0) is 16.7 Å². The molecule has 0 radical (unpaired) electrons. The zero-order valence-corrected chi connectivity index (χ0v) is 28.1. The minimum absolute atomic E-state index is 0.0920. The molecule has 2 aromatic carbocycles. The van der Waals surface area contributed by atoms with Crippen LogP contribution in [0.3, 0.4) is 0 Å². The van der Waals surface area contributed by atoms with Gasteiger partial charge in [0.1, 0.15) is 24.4 Å². The number of hydrogen-bond acceptors (Lipinski definition) is 12. The Hall–Kier alpha value is -3.18. The molecule has 2 N–H and O–H groups in total. The second-order valence-corrected chi connectivity index (χ2v) is 10.9. The summed E-state index contributed by atoms with van der Waals surface area (Å²) in [7, 11) is 0. The summed E-state index contributed by atoms with van der Waals surface area (Å²) in [5.74, 6) is -0.309. The van der Waals surface area contributed by atoms with Gasteiger partial charge in [-0.1, -0.05) is 65.8 Å². The lowest BCUT2D eigenvalue weighted by molar-refractivity contribution is -0.282. The van der Waals surface area contributed by atoms with E-state index in [4.69, 9.17) is 48.2 Å². The van der Waals surface area contributed by atoms with Gasteiger partial charge in [0.25, 0.3) is 0 Å². The number of azide groups is 1. The normalized spacial score (nSPS) is 20.5. The lowest BCUT2D eigenvalue weighted by Gasteiger charge is -2.44. The maximum absolute atomic E-state index is 12.2. The summed E-state index contributed by atoms with van der Waals surface area (Å²) < 4.78 is 51.6. The number of hydrogen-bond donors (Lipinski definition) is 2. The zero-order valence-electron chi connectivity index (χ0n) is 28.1. The topological polar surface area (TPSA) is 181 Å². The fourth-order valence-corrected chi connectivity index (χ4v) is 4.77. The minimum Gasteiger partial charge on any atom is -0.388 e. The molecule has 5 atom stereocenters. The van der Waals surface area contributed by atoms with E-state index in [2.05, 4.69) is 15.3 Å². The van der Waals surface area contributed by atoms with Crippen molar-refractivity contribution in [1.82, 2.24) is 5.32 Å². The third-order valence-electron chi connectivity index (χ3n) is 7.12. The molecule has 272 valence electrons. The van der Waals surface area contributed by atoms with Crippen LogP contribution in [0.4, 0.5) is 0 Å². The average molecular weight is 691 g/mol. The standard InChI is InChI=1S/C34H50N4O11/c1-27(39)37-31-33(48-25-29-10-6-3-7-11-29)32(40)30(26-46-24-28-8-4-2-5-9-28)49-34(31)47-23-22-45-21-20-44-19-18-43-17-16-42-15-14-41-13-12-36-38-35/h2-11,30-34,40H,12-26H2,1H3,(H,37,39)/t30-,31-,32-,33-,34-/m1/s1. The molecule has 0 spiro atoms. The molecule has 1 aliphatic heterocycles. The Bertz CT molecular complexity index is 1180. The van der Waals surface area contributed by atoms with Gasteiger partial charge in [-0.2, -0.15) is 0 Å². The minimum atomic E-state index is -1.09. The highest BCUT2D eigenvalue weighted by Crippen LogP contribution is 2.26. The van der Waals surface area contributed by atoms with Crippen molar-refractivity contribution >= 4 is 5.91 Å². The molecule has 2 aromatic rings. The first kappa shape index (κ1) is 40.3. The number of rotatable bonds is 27. The van der Waals surface area contributed by atoms with E-state index in [1.165, 1.54) is 6.92 Å². The molecule has 1 aliphatic rings. The van der Waals surface area contributed by atoms with Gasteiger partial charge in [-0.15, -0.1) is 0 Å². The Balaban J connectivity index is 1.36. The van der Waals surface area contributed by atoms with E-state index in [1.807, 2.05) is 60.7 Å². The first-order valence-corrected chi connectivity index (χ1v) is 16.5. The van der Waals surface area contributed by atoms with E-state index >= 15 is 0 Å². The fraction of sp³-hybridized carbons (Fsp3) is 0.618. The van der Waals surface area contributed by atoms with Gasteiger partial charge < -0.3 is 53.1 Å². The van der Waals surface area contributed by atoms with Crippen LogP contribution in [0.2, 0.25) is 0 Å². The summed E-state index contributed by atoms with van der Waals surface area (Å²) in [4.78, 5) is 14.8. The summed E-state index contributed by atoms with van der Waals surface area (Å²) in [5, 5.41) is 17.6. The fourth-order valence-electron chi connectivity index (χ4n) is 4.77. The number of carbonyl (C=O) groups is 1. The van der Waals surface area contributed by atoms with Crippen LogP contribution in [0.15, 0.2) is 65.8 Å². The van der Waals surface area contributed by atoms with E-state index in [0.717, 1.165) is 11.1 Å². The van der Waals surface area contributed by atoms with Gasteiger partial charge in [0, 0.05) is 18.4 Å². The molecule has 0 saturated carbocycles. The summed E-state index contributed by atoms with van der Waals surface area (Å²) in [6, 6.07) is 18.5. The number of benzene rings is 2. The number of aliphatic hydroxyl groups is 1. The highest BCUT2D eigenvalue weighted by molar-refractivity contribution is 5.73. The number of nitrogens with zero attached hydrogens (tertiary/aromatic N) is 3. The number of carbonyl (C=O) groups excluding carboxylic acids is 1. The SMILES string of the molecule is CC(=O)N[C@H]1[C@H](OCCOCCOCCOCCOCCOCCN=[N+]=[N-])O[C@H](COCc2ccccc2)[C@@H](O)[C@@H]1OCc1ccccc1. The van der Waals surface area contributed by atoms with E-state index in [1.54, 1.807) is 0 Å². The van der Waals surface area contributed by atoms with Crippen molar-refractivity contribution in [2.24, 2.45) is 5.11 Å². The molecule has 15 nitrogen and oxygen atoms in total. The summed E-state index contributed by atoms with van der Waals surface area (Å²) in [6.45, 7) is 6.47. The third-order valence-corrected chi connectivity index (χ3v) is 7.12. The van der Waals surface area contributed by atoms with E-state index in [-0.39, 0.29) is 32.3 Å². The molecular weight excluding hydrogens is 640 g/mol. The second kappa shape index (κ2) is 25.7. The van der Waals surface area contributed by atoms with E-state index < -0.39 is 30.6 Å². The van der Waals surface area contributed by atoms with Crippen LogP contribution in [-0.2, 0) is 60.6 Å². The lowest BCUT2D eigenvalue weighted by Crippen LogP contribution is -2.65. The molecule has 49 heavy (non-hydrogen) atoms. The van der Waals surface area contributed by atoms with Crippen LogP contribution in [0.1, 0.15) is 18.1 Å². The van der Waals surface area contributed by atoms with E-state index in [9.17, 15) is 9.90 Å². The molecular formula is C34H50N4O11. The van der Waals surface area contributed by atoms with Crippen LogP contribution in [0.25, 0.3) is 10.4 Å². The predicted molar refractivity (Wildman–Crippen MR) is 177 cm³/mol. The monoisotopic (exact) mass is 690 g/mol. The van der Waals surface area contributed by atoms with Gasteiger partial charge in [0.05, 0.1) is 92.5 Å². The summed E-state index contributed by atoms with van der Waals surface area (Å²) in [5.41, 5.74) is 10.1. The number of ether oxygens (including phenoxy) is 9. The van der Waals surface area contributed by atoms with E-state index in [0.29, 0.717) is 72.6 Å². The molecule has 1 amide bonds. The van der Waals surface area contributed by atoms with Crippen molar-refractivity contribution in [2.45, 2.75) is 50.8 Å². The van der Waals surface area contributed by atoms with Gasteiger partial charge in [0.15, 0.2) is 6.29 Å². The van der Waals surface area contributed by atoms with Crippen molar-refractivity contribution < 1.29 is 52.5 Å². The zero-order chi connectivity index (χ0) is 34.8. The van der Waals surface area contributed by atoms with Gasteiger partial charge in [0.2, 0.25) is 5.91 Å². The maximum atomic E-state index is 12.2. The van der Waals surface area contributed by atoms with Gasteiger partial charge in [-0.3, -0.25) is 4.79 Å². The smallest absolute Gasteiger partial charge is 0.217 e. The molecule has 15 heteroatoms. The molecule has 3 rings (SSSR count). The lowest BCUT2D eigenvalue weighted by atomic mass is 9.96. The van der Waals surface area contributed by atoms with Crippen molar-refractivity contribution in [3.8, 4) is 0 Å². The number of amides is 1. The maximum Gasteiger partial charge on any atom is 0.217 e. The first-order valence-electron chi connectivity index (χ1n) is 16.5. The molecule has 0 aromatic heterocycles. The predicted octanol–water partition coefficient (Wildman–Crippen LogP) is 2.79. The Morgan fingerprint density at radius 3 is 1.80 bits per heavy atom. The Labute approximate surface area is 287 Å². The largest absolute Gasteiger partial charge is 0.388 e. The highest BCUT2D eigenvalue weighted by atomic mass is 16.7. The Morgan fingerprint density at radius 2 is 1.27 bits per heavy atom. The Morgan fingerprint density at radius 1 is 0.755 bits per heavy atom. The van der Waals surface area contributed by atoms with Crippen molar-refractivity contribution in [2.75, 3.05) is 85.8 Å². The van der Waals surface area contributed by atoms with Gasteiger partial charge >= 0.3 is 0 Å². The molecule has 0 bridgehead atoms. The van der Waals surface area contributed by atoms with Crippen LogP contribution < -0.4 is 5.32 Å². The van der Waals surface area contributed by atoms with Crippen molar-refractivity contribution in [3.05, 3.63) is 82.2 Å². The highest BCUT2D eigenvalue weighted by Gasteiger charge is 2.47. The first-order chi connectivity index (χ1) is 24.1. The number of aliphatic hydroxyl groups excluding tert-OH is 1. The molecule has 0 aliphatic carbocycles. The third kappa shape index (κ3) is 17.4. The quantitative estimate of drug-likeness (QED) is 0.0609. The van der Waals surface area contributed by atoms with Crippen LogP contribution >= 0.6 is 0 Å². The molecule has 1 saturated heterocycles. The van der Waals surface area contributed by atoms with Crippen LogP contribution in [0, 0.1) is 0 Å². The number of nitrogens with one attached hydrogen (secondary N) is 1. The van der Waals surface area contributed by atoms with Gasteiger partial charge in [-0.25, -0.2) is 0 Å². The average Bonchev–Trinajstić information content (AvgIpc) is 3.11. The van der Waals surface area contributed by atoms with Crippen molar-refractivity contribution in [3.63, 3.8) is 0 Å². The molecule has 0 unspecified atom stereocenters. The van der Waals surface area contributed by atoms with Crippen LogP contribution in [-0.4, -0.2) is 127 Å². The van der Waals surface area contributed by atoms with Crippen LogP contribution in [0.5, 0.6) is 0 Å². The molecule has 1 heterocycles. The van der Waals surface area contributed by atoms with Crippen molar-refractivity contribution in [1.29, 1.82) is 0 Å². The molecule has 1 fully saturated rings. The Kier molecular flexibility index (Phi) is 21.1.